The molecule has 0 saturated carbocycles. The van der Waals surface area contributed by atoms with Gasteiger partial charge in [0.1, 0.15) is 0 Å². The van der Waals surface area contributed by atoms with Crippen LogP contribution in [0.15, 0.2) is 24.3 Å². The second-order valence-corrected chi connectivity index (χ2v) is 6.17. The highest BCUT2D eigenvalue weighted by molar-refractivity contribution is 5.80. The summed E-state index contributed by atoms with van der Waals surface area (Å²) in [6.07, 6.45) is 4.11. The normalized spacial score (nSPS) is 25.2. The van der Waals surface area contributed by atoms with Crippen molar-refractivity contribution in [1.82, 2.24) is 4.90 Å². The van der Waals surface area contributed by atoms with Crippen LogP contribution >= 0.6 is 0 Å². The number of aryl methyl sites for hydroxylation is 1. The molecule has 2 aliphatic rings. The number of hydrogen-bond donors (Lipinski definition) is 1. The Bertz CT molecular complexity index is 555. The molecule has 4 heteroatoms. The van der Waals surface area contributed by atoms with Crippen LogP contribution in [-0.4, -0.2) is 35.0 Å². The number of likely N-dealkylation sites (tertiary alicyclic amines) is 1. The minimum atomic E-state index is -0.776. The van der Waals surface area contributed by atoms with Crippen molar-refractivity contribution in [3.63, 3.8) is 0 Å². The zero-order valence-electron chi connectivity index (χ0n) is 12.1. The van der Waals surface area contributed by atoms with Gasteiger partial charge in [-0.25, -0.2) is 0 Å². The molecule has 3 rings (SSSR count). The van der Waals surface area contributed by atoms with E-state index in [0.717, 1.165) is 25.7 Å². The van der Waals surface area contributed by atoms with Crippen LogP contribution in [-0.2, 0) is 22.4 Å². The third-order valence-corrected chi connectivity index (χ3v) is 4.78. The standard InChI is InChI=1S/C17H21NO3/c19-16(18-9-3-6-15(11-18)17(20)21)14-8-7-12-4-1-2-5-13(12)10-14/h1-2,4-5,14-15H,3,6-11H2,(H,20,21)/t14?,15-/m0/s1. The largest absolute Gasteiger partial charge is 0.481 e. The Labute approximate surface area is 124 Å². The van der Waals surface area contributed by atoms with Gasteiger partial charge in [0.2, 0.25) is 5.91 Å². The molecule has 1 aromatic rings. The van der Waals surface area contributed by atoms with Crippen molar-refractivity contribution in [3.8, 4) is 0 Å². The molecular weight excluding hydrogens is 266 g/mol. The number of carboxylic acid groups (broad SMARTS) is 1. The molecule has 1 aliphatic heterocycles. The smallest absolute Gasteiger partial charge is 0.308 e. The van der Waals surface area contributed by atoms with Crippen molar-refractivity contribution >= 4 is 11.9 Å². The first kappa shape index (κ1) is 14.1. The Morgan fingerprint density at radius 3 is 2.62 bits per heavy atom. The van der Waals surface area contributed by atoms with Gasteiger partial charge in [0.15, 0.2) is 0 Å². The Morgan fingerprint density at radius 1 is 1.10 bits per heavy atom. The number of rotatable bonds is 2. The van der Waals surface area contributed by atoms with E-state index >= 15 is 0 Å². The summed E-state index contributed by atoms with van der Waals surface area (Å²) in [7, 11) is 0. The van der Waals surface area contributed by atoms with Crippen LogP contribution in [0.3, 0.4) is 0 Å². The van der Waals surface area contributed by atoms with Crippen molar-refractivity contribution in [1.29, 1.82) is 0 Å². The third-order valence-electron chi connectivity index (χ3n) is 4.78. The molecule has 1 heterocycles. The van der Waals surface area contributed by atoms with Crippen LogP contribution in [0.4, 0.5) is 0 Å². The molecule has 21 heavy (non-hydrogen) atoms. The van der Waals surface area contributed by atoms with E-state index in [4.69, 9.17) is 5.11 Å². The van der Waals surface area contributed by atoms with E-state index in [0.29, 0.717) is 19.5 Å². The molecule has 1 N–H and O–H groups in total. The Hall–Kier alpha value is -1.84. The Balaban J connectivity index is 1.67. The number of benzene rings is 1. The summed E-state index contributed by atoms with van der Waals surface area (Å²) in [5.41, 5.74) is 2.62. The fourth-order valence-corrected chi connectivity index (χ4v) is 3.55. The molecule has 1 unspecified atom stereocenters. The molecule has 1 amide bonds. The van der Waals surface area contributed by atoms with Gasteiger partial charge in [-0.2, -0.15) is 0 Å². The molecule has 4 nitrogen and oxygen atoms in total. The van der Waals surface area contributed by atoms with E-state index in [-0.39, 0.29) is 11.8 Å². The highest BCUT2D eigenvalue weighted by Crippen LogP contribution is 2.28. The maximum absolute atomic E-state index is 12.7. The van der Waals surface area contributed by atoms with Gasteiger partial charge < -0.3 is 10.0 Å². The van der Waals surface area contributed by atoms with Crippen LogP contribution in [0, 0.1) is 11.8 Å². The number of fused-ring (bicyclic) bond motifs is 1. The van der Waals surface area contributed by atoms with Crippen molar-refractivity contribution in [3.05, 3.63) is 35.4 Å². The highest BCUT2D eigenvalue weighted by Gasteiger charge is 2.33. The number of carboxylic acids is 1. The van der Waals surface area contributed by atoms with E-state index in [2.05, 4.69) is 12.1 Å². The van der Waals surface area contributed by atoms with Gasteiger partial charge in [-0.3, -0.25) is 9.59 Å². The lowest BCUT2D eigenvalue weighted by atomic mass is 9.82. The third kappa shape index (κ3) is 2.94. The maximum atomic E-state index is 12.7. The van der Waals surface area contributed by atoms with Gasteiger partial charge in [-0.05, 0) is 43.2 Å². The SMILES string of the molecule is O=C(O)[C@H]1CCCN(C(=O)C2CCc3ccccc3C2)C1. The van der Waals surface area contributed by atoms with E-state index in [9.17, 15) is 9.59 Å². The van der Waals surface area contributed by atoms with Gasteiger partial charge in [-0.1, -0.05) is 24.3 Å². The molecule has 1 saturated heterocycles. The van der Waals surface area contributed by atoms with Gasteiger partial charge >= 0.3 is 5.97 Å². The second kappa shape index (κ2) is 5.88. The van der Waals surface area contributed by atoms with Crippen molar-refractivity contribution in [2.24, 2.45) is 11.8 Å². The fraction of sp³-hybridized carbons (Fsp3) is 0.529. The molecular formula is C17H21NO3. The van der Waals surface area contributed by atoms with Gasteiger partial charge in [-0.15, -0.1) is 0 Å². The molecule has 1 fully saturated rings. The topological polar surface area (TPSA) is 57.6 Å². The maximum Gasteiger partial charge on any atom is 0.308 e. The molecule has 112 valence electrons. The molecule has 2 atom stereocenters. The summed E-state index contributed by atoms with van der Waals surface area (Å²) < 4.78 is 0. The van der Waals surface area contributed by atoms with Crippen LogP contribution in [0.5, 0.6) is 0 Å². The number of aliphatic carboxylic acids is 1. The predicted octanol–water partition coefficient (Wildman–Crippen LogP) is 2.11. The number of nitrogens with zero attached hydrogens (tertiary/aromatic N) is 1. The highest BCUT2D eigenvalue weighted by atomic mass is 16.4. The first-order valence-electron chi connectivity index (χ1n) is 7.73. The summed E-state index contributed by atoms with van der Waals surface area (Å²) in [4.78, 5) is 25.6. The molecule has 1 aromatic carbocycles. The van der Waals surface area contributed by atoms with Crippen molar-refractivity contribution in [2.45, 2.75) is 32.1 Å². The fourth-order valence-electron chi connectivity index (χ4n) is 3.55. The minimum Gasteiger partial charge on any atom is -0.481 e. The lowest BCUT2D eigenvalue weighted by molar-refractivity contribution is -0.146. The monoisotopic (exact) mass is 287 g/mol. The van der Waals surface area contributed by atoms with Crippen molar-refractivity contribution in [2.75, 3.05) is 13.1 Å². The summed E-state index contributed by atoms with van der Waals surface area (Å²) in [5, 5.41) is 9.14. The zero-order valence-corrected chi connectivity index (χ0v) is 12.1. The van der Waals surface area contributed by atoms with Crippen molar-refractivity contribution < 1.29 is 14.7 Å². The van der Waals surface area contributed by atoms with E-state index in [1.807, 2.05) is 12.1 Å². The van der Waals surface area contributed by atoms with Crippen LogP contribution in [0.2, 0.25) is 0 Å². The van der Waals surface area contributed by atoms with E-state index in [1.54, 1.807) is 4.90 Å². The summed E-state index contributed by atoms with van der Waals surface area (Å²) in [6, 6.07) is 8.30. The van der Waals surface area contributed by atoms with Crippen LogP contribution in [0.25, 0.3) is 0 Å². The molecule has 0 spiro atoms. The van der Waals surface area contributed by atoms with E-state index < -0.39 is 11.9 Å². The lowest BCUT2D eigenvalue weighted by Crippen LogP contribution is -2.45. The second-order valence-electron chi connectivity index (χ2n) is 6.17. The average Bonchev–Trinajstić information content (AvgIpc) is 2.53. The molecule has 0 bridgehead atoms. The lowest BCUT2D eigenvalue weighted by Gasteiger charge is -2.34. The first-order chi connectivity index (χ1) is 10.1. The first-order valence-corrected chi connectivity index (χ1v) is 7.73. The quantitative estimate of drug-likeness (QED) is 0.906. The number of piperidine rings is 1. The minimum absolute atomic E-state index is 0.0208. The summed E-state index contributed by atoms with van der Waals surface area (Å²) in [6.45, 7) is 1.09. The van der Waals surface area contributed by atoms with Crippen LogP contribution < -0.4 is 0 Å². The van der Waals surface area contributed by atoms with Gasteiger partial charge in [0.05, 0.1) is 5.92 Å². The number of amides is 1. The van der Waals surface area contributed by atoms with Gasteiger partial charge in [0.25, 0.3) is 0 Å². The zero-order chi connectivity index (χ0) is 14.8. The number of carbonyl (C=O) groups excluding carboxylic acids is 1. The predicted molar refractivity (Wildman–Crippen MR) is 78.9 cm³/mol. The summed E-state index contributed by atoms with van der Waals surface area (Å²) in [5.74, 6) is -0.997. The van der Waals surface area contributed by atoms with Crippen LogP contribution in [0.1, 0.15) is 30.4 Å². The summed E-state index contributed by atoms with van der Waals surface area (Å²) >= 11 is 0. The van der Waals surface area contributed by atoms with E-state index in [1.165, 1.54) is 11.1 Å². The molecule has 0 aromatic heterocycles. The molecule has 1 aliphatic carbocycles. The number of carbonyl (C=O) groups is 2. The Kier molecular flexibility index (Phi) is 3.95. The average molecular weight is 287 g/mol. The Morgan fingerprint density at radius 2 is 1.86 bits per heavy atom. The number of hydrogen-bond acceptors (Lipinski definition) is 2. The van der Waals surface area contributed by atoms with Gasteiger partial charge in [0, 0.05) is 19.0 Å². The molecule has 0 radical (unpaired) electrons.